The third-order valence-corrected chi connectivity index (χ3v) is 3.96. The molecule has 0 spiro atoms. The molecule has 0 saturated heterocycles. The van der Waals surface area contributed by atoms with E-state index >= 15 is 0 Å². The second kappa shape index (κ2) is 7.17. The second-order valence-corrected chi connectivity index (χ2v) is 5.55. The van der Waals surface area contributed by atoms with E-state index in [1.807, 2.05) is 13.0 Å². The van der Waals surface area contributed by atoms with Gasteiger partial charge in [-0.2, -0.15) is 0 Å². The zero-order chi connectivity index (χ0) is 14.4. The van der Waals surface area contributed by atoms with Gasteiger partial charge in [-0.15, -0.1) is 0 Å². The molecule has 20 heavy (non-hydrogen) atoms. The molecule has 4 N–H and O–H groups in total. The van der Waals surface area contributed by atoms with Crippen LogP contribution in [0.1, 0.15) is 49.4 Å². The van der Waals surface area contributed by atoms with E-state index in [1.165, 1.54) is 32.1 Å². The average molecular weight is 275 g/mol. The molecular formula is C16H25N3O. The molecule has 0 unspecified atom stereocenters. The predicted octanol–water partition coefficient (Wildman–Crippen LogP) is 3.01. The highest BCUT2D eigenvalue weighted by Gasteiger charge is 2.14. The third kappa shape index (κ3) is 3.89. The summed E-state index contributed by atoms with van der Waals surface area (Å²) in [5, 5.41) is 6.22. The van der Waals surface area contributed by atoms with Crippen LogP contribution in [0.2, 0.25) is 0 Å². The quantitative estimate of drug-likeness (QED) is 0.724. The number of hydrogen-bond acceptors (Lipinski definition) is 3. The van der Waals surface area contributed by atoms with Gasteiger partial charge in [0.2, 0.25) is 0 Å². The number of rotatable bonds is 5. The molecule has 0 atom stereocenters. The number of benzene rings is 1. The molecule has 2 rings (SSSR count). The largest absolute Gasteiger partial charge is 0.397 e. The maximum Gasteiger partial charge on any atom is 0.251 e. The van der Waals surface area contributed by atoms with Crippen LogP contribution in [0.25, 0.3) is 0 Å². The SMILES string of the molecule is CCNC(=O)c1ccc(N)c(NCC2CCCCC2)c1. The van der Waals surface area contributed by atoms with Gasteiger partial charge in [-0.05, 0) is 43.9 Å². The first kappa shape index (κ1) is 14.7. The van der Waals surface area contributed by atoms with Crippen molar-refractivity contribution in [2.75, 3.05) is 24.1 Å². The van der Waals surface area contributed by atoms with Gasteiger partial charge in [0.05, 0.1) is 11.4 Å². The van der Waals surface area contributed by atoms with E-state index in [9.17, 15) is 4.79 Å². The summed E-state index contributed by atoms with van der Waals surface area (Å²) in [5.41, 5.74) is 8.22. The Balaban J connectivity index is 1.98. The van der Waals surface area contributed by atoms with Gasteiger partial charge in [-0.25, -0.2) is 0 Å². The van der Waals surface area contributed by atoms with Crippen LogP contribution >= 0.6 is 0 Å². The minimum Gasteiger partial charge on any atom is -0.397 e. The summed E-state index contributed by atoms with van der Waals surface area (Å²) in [4.78, 5) is 11.8. The van der Waals surface area contributed by atoms with Gasteiger partial charge in [0.1, 0.15) is 0 Å². The van der Waals surface area contributed by atoms with E-state index in [0.717, 1.165) is 18.2 Å². The molecule has 1 aromatic carbocycles. The number of nitrogens with two attached hydrogens (primary N) is 1. The van der Waals surface area contributed by atoms with Crippen molar-refractivity contribution >= 4 is 17.3 Å². The summed E-state index contributed by atoms with van der Waals surface area (Å²) in [5.74, 6) is 0.685. The fourth-order valence-corrected chi connectivity index (χ4v) is 2.76. The number of nitrogens with one attached hydrogen (secondary N) is 2. The van der Waals surface area contributed by atoms with Crippen molar-refractivity contribution in [1.82, 2.24) is 5.32 Å². The van der Waals surface area contributed by atoms with Gasteiger partial charge in [-0.1, -0.05) is 19.3 Å². The van der Waals surface area contributed by atoms with Crippen molar-refractivity contribution in [2.45, 2.75) is 39.0 Å². The van der Waals surface area contributed by atoms with Gasteiger partial charge in [0.25, 0.3) is 5.91 Å². The van der Waals surface area contributed by atoms with Crippen molar-refractivity contribution in [3.8, 4) is 0 Å². The molecule has 0 aromatic heterocycles. The third-order valence-electron chi connectivity index (χ3n) is 3.96. The second-order valence-electron chi connectivity index (χ2n) is 5.55. The molecule has 4 heteroatoms. The molecule has 0 heterocycles. The first-order valence-corrected chi connectivity index (χ1v) is 7.62. The zero-order valence-electron chi connectivity index (χ0n) is 12.2. The van der Waals surface area contributed by atoms with E-state index in [1.54, 1.807) is 12.1 Å². The molecule has 110 valence electrons. The molecule has 4 nitrogen and oxygen atoms in total. The van der Waals surface area contributed by atoms with Crippen LogP contribution in [0.5, 0.6) is 0 Å². The topological polar surface area (TPSA) is 67.2 Å². The van der Waals surface area contributed by atoms with E-state index < -0.39 is 0 Å². The lowest BCUT2D eigenvalue weighted by atomic mass is 9.89. The van der Waals surface area contributed by atoms with Crippen molar-refractivity contribution in [2.24, 2.45) is 5.92 Å². The summed E-state index contributed by atoms with van der Waals surface area (Å²) in [6.07, 6.45) is 6.62. The van der Waals surface area contributed by atoms with E-state index in [-0.39, 0.29) is 5.91 Å². The van der Waals surface area contributed by atoms with Crippen molar-refractivity contribution in [3.63, 3.8) is 0 Å². The summed E-state index contributed by atoms with van der Waals surface area (Å²) < 4.78 is 0. The summed E-state index contributed by atoms with van der Waals surface area (Å²) in [6, 6.07) is 5.42. The molecule has 1 aliphatic carbocycles. The molecule has 0 aliphatic heterocycles. The van der Waals surface area contributed by atoms with Crippen LogP contribution in [0.3, 0.4) is 0 Å². The summed E-state index contributed by atoms with van der Waals surface area (Å²) in [7, 11) is 0. The van der Waals surface area contributed by atoms with Gasteiger partial charge in [0.15, 0.2) is 0 Å². The van der Waals surface area contributed by atoms with Crippen LogP contribution in [0.4, 0.5) is 11.4 Å². The molecule has 0 radical (unpaired) electrons. The highest BCUT2D eigenvalue weighted by atomic mass is 16.1. The van der Waals surface area contributed by atoms with Crippen molar-refractivity contribution in [1.29, 1.82) is 0 Å². The molecule has 1 aliphatic rings. The maximum atomic E-state index is 11.8. The van der Waals surface area contributed by atoms with Crippen LogP contribution in [0, 0.1) is 5.92 Å². The first-order valence-electron chi connectivity index (χ1n) is 7.62. The smallest absolute Gasteiger partial charge is 0.251 e. The summed E-state index contributed by atoms with van der Waals surface area (Å²) >= 11 is 0. The molecular weight excluding hydrogens is 250 g/mol. The van der Waals surface area contributed by atoms with Crippen LogP contribution in [-0.4, -0.2) is 19.0 Å². The first-order chi connectivity index (χ1) is 9.70. The van der Waals surface area contributed by atoms with E-state index in [4.69, 9.17) is 5.73 Å². The van der Waals surface area contributed by atoms with Crippen LogP contribution < -0.4 is 16.4 Å². The monoisotopic (exact) mass is 275 g/mol. The molecule has 1 fully saturated rings. The van der Waals surface area contributed by atoms with Crippen LogP contribution in [-0.2, 0) is 0 Å². The maximum absolute atomic E-state index is 11.8. The standard InChI is InChI=1S/C16H25N3O/c1-2-18-16(20)13-8-9-14(17)15(10-13)19-11-12-6-4-3-5-7-12/h8-10,12,19H,2-7,11,17H2,1H3,(H,18,20). The minimum absolute atomic E-state index is 0.0479. The number of nitrogen functional groups attached to an aromatic ring is 1. The number of amides is 1. The van der Waals surface area contributed by atoms with E-state index in [2.05, 4.69) is 10.6 Å². The number of hydrogen-bond donors (Lipinski definition) is 3. The Hall–Kier alpha value is -1.71. The highest BCUT2D eigenvalue weighted by Crippen LogP contribution is 2.26. The molecule has 1 aromatic rings. The number of anilines is 2. The van der Waals surface area contributed by atoms with Crippen molar-refractivity contribution in [3.05, 3.63) is 23.8 Å². The molecule has 0 bridgehead atoms. The number of carbonyl (C=O) groups excluding carboxylic acids is 1. The van der Waals surface area contributed by atoms with E-state index in [0.29, 0.717) is 17.8 Å². The summed E-state index contributed by atoms with van der Waals surface area (Å²) in [6.45, 7) is 3.49. The fraction of sp³-hybridized carbons (Fsp3) is 0.562. The molecule has 1 saturated carbocycles. The van der Waals surface area contributed by atoms with Gasteiger partial charge in [-0.3, -0.25) is 4.79 Å². The Labute approximate surface area is 121 Å². The highest BCUT2D eigenvalue weighted by molar-refractivity contribution is 5.96. The lowest BCUT2D eigenvalue weighted by Crippen LogP contribution is -2.23. The fourth-order valence-electron chi connectivity index (χ4n) is 2.76. The Morgan fingerprint density at radius 1 is 1.30 bits per heavy atom. The van der Waals surface area contributed by atoms with Crippen molar-refractivity contribution < 1.29 is 4.79 Å². The number of carbonyl (C=O) groups is 1. The Morgan fingerprint density at radius 2 is 2.05 bits per heavy atom. The molecule has 1 amide bonds. The lowest BCUT2D eigenvalue weighted by molar-refractivity contribution is 0.0956. The lowest BCUT2D eigenvalue weighted by Gasteiger charge is -2.22. The van der Waals surface area contributed by atoms with Crippen LogP contribution in [0.15, 0.2) is 18.2 Å². The predicted molar refractivity (Wildman–Crippen MR) is 83.9 cm³/mol. The van der Waals surface area contributed by atoms with Gasteiger partial charge < -0.3 is 16.4 Å². The zero-order valence-corrected chi connectivity index (χ0v) is 12.2. The minimum atomic E-state index is -0.0479. The van der Waals surface area contributed by atoms with Gasteiger partial charge in [0, 0.05) is 18.7 Å². The van der Waals surface area contributed by atoms with Gasteiger partial charge >= 0.3 is 0 Å². The Morgan fingerprint density at radius 3 is 2.75 bits per heavy atom. The average Bonchev–Trinajstić information content (AvgIpc) is 2.47. The Kier molecular flexibility index (Phi) is 5.27. The normalized spacial score (nSPS) is 15.8. The Bertz CT molecular complexity index is 453.